The van der Waals surface area contributed by atoms with Gasteiger partial charge in [-0.25, -0.2) is 16.8 Å². The predicted octanol–water partition coefficient (Wildman–Crippen LogP) is 5.51. The van der Waals surface area contributed by atoms with E-state index in [1.54, 1.807) is 31.3 Å². The Balaban J connectivity index is 0.00000361. The summed E-state index contributed by atoms with van der Waals surface area (Å²) in [7, 11) is -1.02. The van der Waals surface area contributed by atoms with E-state index in [9.17, 15) is 21.6 Å². The molecule has 0 aliphatic rings. The number of alkyl halides is 2. The molecular formula is C24H23ClF3N3O4S. The van der Waals surface area contributed by atoms with Gasteiger partial charge in [0.25, 0.3) is 10.0 Å². The second-order valence-corrected chi connectivity index (χ2v) is 9.36. The minimum Gasteiger partial charge on any atom is -0.497 e. The molecule has 0 atom stereocenters. The Labute approximate surface area is 212 Å². The number of halogens is 4. The van der Waals surface area contributed by atoms with Crippen molar-refractivity contribution in [3.05, 3.63) is 78.2 Å². The number of hydrogen-bond donors (Lipinski definition) is 2. The molecule has 0 saturated carbocycles. The fourth-order valence-electron chi connectivity index (χ4n) is 3.68. The first kappa shape index (κ1) is 27.2. The Morgan fingerprint density at radius 3 is 2.47 bits per heavy atom. The van der Waals surface area contributed by atoms with Crippen LogP contribution in [0.4, 0.5) is 24.5 Å². The van der Waals surface area contributed by atoms with Crippen LogP contribution in [0.1, 0.15) is 5.56 Å². The zero-order chi connectivity index (χ0) is 25.2. The van der Waals surface area contributed by atoms with E-state index >= 15 is 0 Å². The number of ether oxygens (including phenoxy) is 2. The van der Waals surface area contributed by atoms with Gasteiger partial charge in [-0.2, -0.15) is 8.78 Å². The van der Waals surface area contributed by atoms with Gasteiger partial charge in [0.1, 0.15) is 17.3 Å². The molecule has 0 aliphatic carbocycles. The molecule has 0 spiro atoms. The normalized spacial score (nSPS) is 11.4. The number of aromatic nitrogens is 1. The van der Waals surface area contributed by atoms with Gasteiger partial charge >= 0.3 is 6.61 Å². The van der Waals surface area contributed by atoms with Crippen molar-refractivity contribution in [3.8, 4) is 11.5 Å². The van der Waals surface area contributed by atoms with Gasteiger partial charge in [0.2, 0.25) is 0 Å². The first-order valence-corrected chi connectivity index (χ1v) is 11.9. The van der Waals surface area contributed by atoms with Crippen molar-refractivity contribution >= 4 is 44.7 Å². The number of benzene rings is 3. The molecule has 36 heavy (non-hydrogen) atoms. The molecule has 0 amide bonds. The second-order valence-electron chi connectivity index (χ2n) is 7.54. The molecule has 0 fully saturated rings. The van der Waals surface area contributed by atoms with Gasteiger partial charge in [-0.3, -0.25) is 0 Å². The maximum atomic E-state index is 14.4. The molecule has 2 N–H and O–H groups in total. The van der Waals surface area contributed by atoms with E-state index in [-0.39, 0.29) is 28.7 Å². The molecule has 0 bridgehead atoms. The zero-order valence-electron chi connectivity index (χ0n) is 19.2. The highest BCUT2D eigenvalue weighted by Crippen LogP contribution is 2.31. The Hall–Kier alpha value is -3.41. The molecule has 0 aliphatic heterocycles. The lowest BCUT2D eigenvalue weighted by atomic mass is 10.1. The van der Waals surface area contributed by atoms with Crippen LogP contribution < -0.4 is 20.1 Å². The molecule has 7 nitrogen and oxygen atoms in total. The van der Waals surface area contributed by atoms with Crippen molar-refractivity contribution in [3.63, 3.8) is 0 Å². The highest BCUT2D eigenvalue weighted by atomic mass is 35.5. The van der Waals surface area contributed by atoms with Gasteiger partial charge in [-0.1, -0.05) is 12.1 Å². The van der Waals surface area contributed by atoms with E-state index in [1.165, 1.54) is 43.6 Å². The maximum Gasteiger partial charge on any atom is 0.387 e. The van der Waals surface area contributed by atoms with E-state index < -0.39 is 22.5 Å². The molecule has 3 aromatic carbocycles. The van der Waals surface area contributed by atoms with Crippen LogP contribution in [0.3, 0.4) is 0 Å². The molecular weight excluding hydrogens is 519 g/mol. The molecule has 1 heterocycles. The molecule has 12 heteroatoms. The molecule has 0 saturated heterocycles. The molecule has 192 valence electrons. The fourth-order valence-corrected chi connectivity index (χ4v) is 5.10. The van der Waals surface area contributed by atoms with Gasteiger partial charge in [-0.15, -0.1) is 12.4 Å². The summed E-state index contributed by atoms with van der Waals surface area (Å²) in [5, 5.41) is 6.60. The second kappa shape index (κ2) is 11.1. The Bertz CT molecular complexity index is 1480. The molecule has 1 aromatic heterocycles. The third-order valence-corrected chi connectivity index (χ3v) is 6.93. The van der Waals surface area contributed by atoms with Crippen molar-refractivity contribution in [2.75, 3.05) is 19.5 Å². The van der Waals surface area contributed by atoms with Crippen LogP contribution in [0.25, 0.3) is 10.9 Å². The van der Waals surface area contributed by atoms with Crippen molar-refractivity contribution in [1.29, 1.82) is 0 Å². The van der Waals surface area contributed by atoms with E-state index in [0.717, 1.165) is 10.0 Å². The Morgan fingerprint density at radius 1 is 1.03 bits per heavy atom. The van der Waals surface area contributed by atoms with E-state index in [2.05, 4.69) is 15.4 Å². The van der Waals surface area contributed by atoms with Crippen molar-refractivity contribution < 1.29 is 31.1 Å². The summed E-state index contributed by atoms with van der Waals surface area (Å²) >= 11 is 0. The first-order chi connectivity index (χ1) is 16.7. The first-order valence-electron chi connectivity index (χ1n) is 10.4. The minimum absolute atomic E-state index is 0. The average Bonchev–Trinajstić information content (AvgIpc) is 3.19. The number of rotatable bonds is 9. The summed E-state index contributed by atoms with van der Waals surface area (Å²) in [5.41, 5.74) is 1.66. The summed E-state index contributed by atoms with van der Waals surface area (Å²) in [4.78, 5) is -0.219. The number of nitrogens with one attached hydrogen (secondary N) is 2. The Morgan fingerprint density at radius 2 is 1.81 bits per heavy atom. The molecule has 0 radical (unpaired) electrons. The third kappa shape index (κ3) is 5.53. The lowest BCUT2D eigenvalue weighted by Gasteiger charge is -2.12. The lowest BCUT2D eigenvalue weighted by molar-refractivity contribution is -0.0499. The summed E-state index contributed by atoms with van der Waals surface area (Å²) in [5.74, 6) is -0.456. The molecule has 0 unspecified atom stereocenters. The van der Waals surface area contributed by atoms with Crippen LogP contribution in [-0.2, 0) is 16.6 Å². The predicted molar refractivity (Wildman–Crippen MR) is 134 cm³/mol. The van der Waals surface area contributed by atoms with Gasteiger partial charge < -0.3 is 20.1 Å². The van der Waals surface area contributed by atoms with E-state index in [0.29, 0.717) is 34.4 Å². The van der Waals surface area contributed by atoms with Crippen molar-refractivity contribution in [1.82, 2.24) is 9.29 Å². The summed E-state index contributed by atoms with van der Waals surface area (Å²) < 4.78 is 77.2. The zero-order valence-corrected chi connectivity index (χ0v) is 20.8. The number of nitrogens with zero attached hydrogens (tertiary/aromatic N) is 1. The molecule has 4 rings (SSSR count). The summed E-state index contributed by atoms with van der Waals surface area (Å²) in [6.45, 7) is -2.71. The van der Waals surface area contributed by atoms with Gasteiger partial charge in [0.15, 0.2) is 0 Å². The Kier molecular flexibility index (Phi) is 8.39. The van der Waals surface area contributed by atoms with Crippen molar-refractivity contribution in [2.24, 2.45) is 0 Å². The van der Waals surface area contributed by atoms with Crippen LogP contribution in [0, 0.1) is 5.82 Å². The van der Waals surface area contributed by atoms with Crippen LogP contribution in [0.2, 0.25) is 0 Å². The standard InChI is InChI=1S/C24H22F3N3O4S.ClH/c1-28-13-15-14-30(35(31,32)19-5-3-4-18(11-19)34-24(26)27)23-10-16(6-8-20(15)23)29-22-9-7-17(33-2)12-21(22)25;/h3-12,14,24,28-29H,13H2,1-2H3;1H. The number of anilines is 2. The van der Waals surface area contributed by atoms with Crippen LogP contribution in [0.5, 0.6) is 11.5 Å². The fraction of sp³-hybridized carbons (Fsp3) is 0.167. The third-order valence-electron chi connectivity index (χ3n) is 5.26. The average molecular weight is 542 g/mol. The largest absolute Gasteiger partial charge is 0.497 e. The monoisotopic (exact) mass is 541 g/mol. The SMILES string of the molecule is CNCc1cn(S(=O)(=O)c2cccc(OC(F)F)c2)c2cc(Nc3ccc(OC)cc3F)ccc12.Cl. The quantitative estimate of drug-likeness (QED) is 0.291. The molecule has 4 aromatic rings. The smallest absolute Gasteiger partial charge is 0.387 e. The van der Waals surface area contributed by atoms with Crippen LogP contribution in [0.15, 0.2) is 71.8 Å². The number of hydrogen-bond acceptors (Lipinski definition) is 6. The van der Waals surface area contributed by atoms with Gasteiger partial charge in [-0.05, 0) is 49.0 Å². The summed E-state index contributed by atoms with van der Waals surface area (Å²) in [6, 6.07) is 14.3. The highest BCUT2D eigenvalue weighted by Gasteiger charge is 2.23. The van der Waals surface area contributed by atoms with Gasteiger partial charge in [0.05, 0.1) is 23.2 Å². The maximum absolute atomic E-state index is 14.4. The van der Waals surface area contributed by atoms with Crippen LogP contribution in [-0.4, -0.2) is 33.2 Å². The van der Waals surface area contributed by atoms with E-state index in [4.69, 9.17) is 4.74 Å². The minimum atomic E-state index is -4.18. The number of methoxy groups -OCH3 is 1. The van der Waals surface area contributed by atoms with E-state index in [1.807, 2.05) is 0 Å². The highest BCUT2D eigenvalue weighted by molar-refractivity contribution is 7.90. The van der Waals surface area contributed by atoms with Crippen molar-refractivity contribution in [2.45, 2.75) is 18.1 Å². The van der Waals surface area contributed by atoms with Gasteiger partial charge in [0, 0.05) is 35.9 Å². The lowest BCUT2D eigenvalue weighted by Crippen LogP contribution is -2.13. The summed E-state index contributed by atoms with van der Waals surface area (Å²) in [6.07, 6.45) is 1.47. The number of fused-ring (bicyclic) bond motifs is 1. The van der Waals surface area contributed by atoms with Crippen LogP contribution >= 0.6 is 12.4 Å². The topological polar surface area (TPSA) is 81.6 Å².